The number of hydrogen-bond donors (Lipinski definition) is 1. The van der Waals surface area contributed by atoms with E-state index in [4.69, 9.17) is 19.8 Å². The molecule has 1 aliphatic heterocycles. The molecule has 7 nitrogen and oxygen atoms in total. The van der Waals surface area contributed by atoms with Crippen molar-refractivity contribution < 1.29 is 32.0 Å². The van der Waals surface area contributed by atoms with Crippen LogP contribution in [0.4, 0.5) is 13.2 Å². The van der Waals surface area contributed by atoms with E-state index < -0.39 is 42.1 Å². The standard InChI is InChI=1S/C27H27BF3N3O4S/c1-15(17-8-6-7-9-18(17)27(29,30)31)36-21-13-22(39-23(21)24(32)35)34-14-33-19-12-16(10-11-20(19)34)28-37-25(2,3)26(4,5)38-28/h6-15H,1-5H3,(H2,32,35). The van der Waals surface area contributed by atoms with Crippen molar-refractivity contribution in [1.29, 1.82) is 0 Å². The molecule has 1 saturated heterocycles. The first-order chi connectivity index (χ1) is 18.2. The molecule has 204 valence electrons. The fourth-order valence-electron chi connectivity index (χ4n) is 4.43. The maximum Gasteiger partial charge on any atom is 0.494 e. The van der Waals surface area contributed by atoms with Gasteiger partial charge in [0.05, 0.1) is 27.8 Å². The van der Waals surface area contributed by atoms with Gasteiger partial charge in [-0.15, -0.1) is 11.3 Å². The Bertz CT molecular complexity index is 1550. The Hall–Kier alpha value is -3.35. The quantitative estimate of drug-likeness (QED) is 0.310. The van der Waals surface area contributed by atoms with Crippen molar-refractivity contribution in [3.05, 3.63) is 70.9 Å². The van der Waals surface area contributed by atoms with Gasteiger partial charge in [0.25, 0.3) is 5.91 Å². The van der Waals surface area contributed by atoms with Crippen LogP contribution in [0, 0.1) is 0 Å². The number of amides is 1. The van der Waals surface area contributed by atoms with Crippen LogP contribution in [0.25, 0.3) is 16.0 Å². The number of carbonyl (C=O) groups excluding carboxylic acids is 1. The molecular formula is C27H27BF3N3O4S. The number of imidazole rings is 1. The molecule has 1 aliphatic rings. The van der Waals surface area contributed by atoms with Crippen LogP contribution >= 0.6 is 11.3 Å². The Morgan fingerprint density at radius 3 is 2.41 bits per heavy atom. The number of hydrogen-bond acceptors (Lipinski definition) is 6. The van der Waals surface area contributed by atoms with Gasteiger partial charge in [-0.1, -0.05) is 24.3 Å². The van der Waals surface area contributed by atoms with Gasteiger partial charge in [0.1, 0.15) is 28.1 Å². The van der Waals surface area contributed by atoms with Gasteiger partial charge in [0, 0.05) is 11.6 Å². The lowest BCUT2D eigenvalue weighted by molar-refractivity contribution is -0.139. The molecule has 0 aliphatic carbocycles. The van der Waals surface area contributed by atoms with Gasteiger partial charge in [0.2, 0.25) is 0 Å². The lowest BCUT2D eigenvalue weighted by atomic mass is 9.79. The summed E-state index contributed by atoms with van der Waals surface area (Å²) in [5, 5.41) is 0.570. The second-order valence-electron chi connectivity index (χ2n) is 10.4. The highest BCUT2D eigenvalue weighted by Gasteiger charge is 2.51. The molecular weight excluding hydrogens is 530 g/mol. The molecule has 12 heteroatoms. The lowest BCUT2D eigenvalue weighted by Crippen LogP contribution is -2.41. The average molecular weight is 557 g/mol. The van der Waals surface area contributed by atoms with E-state index in [1.807, 2.05) is 45.9 Å². The van der Waals surface area contributed by atoms with Crippen LogP contribution in [0.5, 0.6) is 5.75 Å². The summed E-state index contributed by atoms with van der Waals surface area (Å²) in [5.41, 5.74) is 6.02. The van der Waals surface area contributed by atoms with E-state index in [1.54, 1.807) is 17.0 Å². The Morgan fingerprint density at radius 2 is 1.77 bits per heavy atom. The highest BCUT2D eigenvalue weighted by Crippen LogP contribution is 2.40. The summed E-state index contributed by atoms with van der Waals surface area (Å²) < 4.78 is 60.6. The number of rotatable bonds is 6. The molecule has 0 radical (unpaired) electrons. The molecule has 5 rings (SSSR count). The van der Waals surface area contributed by atoms with Gasteiger partial charge in [-0.25, -0.2) is 4.98 Å². The minimum atomic E-state index is -4.55. The number of primary amides is 1. The molecule has 1 atom stereocenters. The van der Waals surface area contributed by atoms with E-state index in [2.05, 4.69) is 4.98 Å². The number of aromatic nitrogens is 2. The van der Waals surface area contributed by atoms with E-state index in [-0.39, 0.29) is 16.2 Å². The zero-order chi connectivity index (χ0) is 28.3. The molecule has 1 amide bonds. The molecule has 3 heterocycles. The van der Waals surface area contributed by atoms with E-state index in [0.29, 0.717) is 10.5 Å². The zero-order valence-corrected chi connectivity index (χ0v) is 22.8. The normalized spacial score (nSPS) is 17.5. The van der Waals surface area contributed by atoms with Gasteiger partial charge >= 0.3 is 13.3 Å². The highest BCUT2D eigenvalue weighted by atomic mass is 32.1. The van der Waals surface area contributed by atoms with Crippen molar-refractivity contribution in [3.63, 3.8) is 0 Å². The van der Waals surface area contributed by atoms with Crippen molar-refractivity contribution in [3.8, 4) is 10.8 Å². The fraction of sp³-hybridized carbons (Fsp3) is 0.333. The number of fused-ring (bicyclic) bond motifs is 1. The van der Waals surface area contributed by atoms with E-state index in [9.17, 15) is 18.0 Å². The van der Waals surface area contributed by atoms with Crippen LogP contribution in [0.2, 0.25) is 0 Å². The molecule has 2 N–H and O–H groups in total. The monoisotopic (exact) mass is 557 g/mol. The molecule has 0 spiro atoms. The number of nitrogens with two attached hydrogens (primary N) is 1. The van der Waals surface area contributed by atoms with Crippen LogP contribution in [0.3, 0.4) is 0 Å². The SMILES string of the molecule is CC(Oc1cc(-n2cnc3cc(B4OC(C)(C)C(C)(C)O4)ccc32)sc1C(N)=O)c1ccccc1C(F)(F)F. The number of nitrogens with zero attached hydrogens (tertiary/aromatic N) is 2. The largest absolute Gasteiger partial charge is 0.494 e. The molecule has 2 aromatic carbocycles. The number of ether oxygens (including phenoxy) is 1. The predicted molar refractivity (Wildman–Crippen MR) is 144 cm³/mol. The molecule has 2 aromatic heterocycles. The second-order valence-corrected chi connectivity index (χ2v) is 11.5. The minimum absolute atomic E-state index is 0.0449. The third-order valence-electron chi connectivity index (χ3n) is 7.25. The minimum Gasteiger partial charge on any atom is -0.484 e. The molecule has 4 aromatic rings. The van der Waals surface area contributed by atoms with Gasteiger partial charge in [-0.2, -0.15) is 13.2 Å². The van der Waals surface area contributed by atoms with Crippen molar-refractivity contribution in [2.75, 3.05) is 0 Å². The first-order valence-corrected chi connectivity index (χ1v) is 13.1. The number of alkyl halides is 3. The van der Waals surface area contributed by atoms with Crippen LogP contribution in [0.1, 0.15) is 61.5 Å². The Balaban J connectivity index is 1.46. The number of halogens is 3. The molecule has 39 heavy (non-hydrogen) atoms. The first kappa shape index (κ1) is 27.2. The fourth-order valence-corrected chi connectivity index (χ4v) is 5.36. The van der Waals surface area contributed by atoms with Crippen molar-refractivity contribution in [1.82, 2.24) is 9.55 Å². The Morgan fingerprint density at radius 1 is 1.10 bits per heavy atom. The summed E-state index contributed by atoms with van der Waals surface area (Å²) in [4.78, 5) is 16.8. The summed E-state index contributed by atoms with van der Waals surface area (Å²) in [7, 11) is -0.547. The summed E-state index contributed by atoms with van der Waals surface area (Å²) in [6, 6.07) is 12.4. The third-order valence-corrected chi connectivity index (χ3v) is 8.38. The number of benzene rings is 2. The molecule has 0 saturated carbocycles. The summed E-state index contributed by atoms with van der Waals surface area (Å²) in [6.45, 7) is 9.42. The summed E-state index contributed by atoms with van der Waals surface area (Å²) >= 11 is 1.07. The van der Waals surface area contributed by atoms with Crippen LogP contribution in [-0.4, -0.2) is 33.8 Å². The Kier molecular flexibility index (Phi) is 6.56. The van der Waals surface area contributed by atoms with Crippen LogP contribution < -0.4 is 15.9 Å². The van der Waals surface area contributed by atoms with Gasteiger partial charge in [-0.05, 0) is 58.3 Å². The lowest BCUT2D eigenvalue weighted by Gasteiger charge is -2.32. The third kappa shape index (κ3) is 4.92. The van der Waals surface area contributed by atoms with E-state index >= 15 is 0 Å². The first-order valence-electron chi connectivity index (χ1n) is 12.3. The molecule has 1 unspecified atom stereocenters. The van der Waals surface area contributed by atoms with Crippen LogP contribution in [0.15, 0.2) is 54.9 Å². The highest BCUT2D eigenvalue weighted by molar-refractivity contribution is 7.16. The van der Waals surface area contributed by atoms with Gasteiger partial charge in [-0.3, -0.25) is 9.36 Å². The summed E-state index contributed by atoms with van der Waals surface area (Å²) in [6.07, 6.45) is -3.94. The van der Waals surface area contributed by atoms with Crippen molar-refractivity contribution in [2.45, 2.75) is 58.1 Å². The molecule has 1 fully saturated rings. The van der Waals surface area contributed by atoms with Crippen molar-refractivity contribution in [2.24, 2.45) is 5.73 Å². The topological polar surface area (TPSA) is 88.6 Å². The van der Waals surface area contributed by atoms with E-state index in [0.717, 1.165) is 28.4 Å². The summed E-state index contributed by atoms with van der Waals surface area (Å²) in [5.74, 6) is -0.646. The zero-order valence-electron chi connectivity index (χ0n) is 22.0. The van der Waals surface area contributed by atoms with Crippen molar-refractivity contribution >= 4 is 40.9 Å². The van der Waals surface area contributed by atoms with Crippen LogP contribution in [-0.2, 0) is 15.5 Å². The number of thiophene rings is 1. The van der Waals surface area contributed by atoms with Gasteiger partial charge in [0.15, 0.2) is 0 Å². The maximum atomic E-state index is 13.5. The average Bonchev–Trinajstić information content (AvgIpc) is 3.51. The smallest absolute Gasteiger partial charge is 0.484 e. The molecule has 0 bridgehead atoms. The number of carbonyl (C=O) groups is 1. The van der Waals surface area contributed by atoms with Gasteiger partial charge < -0.3 is 19.8 Å². The van der Waals surface area contributed by atoms with E-state index in [1.165, 1.54) is 25.1 Å². The second kappa shape index (κ2) is 9.39. The predicted octanol–water partition coefficient (Wildman–Crippen LogP) is 5.64. The maximum absolute atomic E-state index is 13.5. The Labute approximate surface area is 227 Å².